The van der Waals surface area contributed by atoms with Crippen LogP contribution in [0.2, 0.25) is 0 Å². The van der Waals surface area contributed by atoms with Crippen LogP contribution in [0.1, 0.15) is 12.5 Å². The summed E-state index contributed by atoms with van der Waals surface area (Å²) in [5, 5.41) is 0. The van der Waals surface area contributed by atoms with Crippen molar-refractivity contribution in [1.82, 2.24) is 9.55 Å². The number of amides is 1. The Labute approximate surface area is 144 Å². The van der Waals surface area contributed by atoms with Gasteiger partial charge in [-0.25, -0.2) is 4.98 Å². The average Bonchev–Trinajstić information content (AvgIpc) is 3.23. The first-order chi connectivity index (χ1) is 12.1. The number of carbonyl (C=O) groups is 1. The van der Waals surface area contributed by atoms with Crippen LogP contribution in [0.3, 0.4) is 0 Å². The van der Waals surface area contributed by atoms with Gasteiger partial charge in [-0.05, 0) is 37.1 Å². The molecule has 4 rings (SSSR count). The van der Waals surface area contributed by atoms with Gasteiger partial charge in [-0.2, -0.15) is 0 Å². The molecule has 0 radical (unpaired) electrons. The third kappa shape index (κ3) is 2.76. The monoisotopic (exact) mass is 335 g/mol. The van der Waals surface area contributed by atoms with Crippen molar-refractivity contribution in [2.24, 2.45) is 0 Å². The Bertz CT molecular complexity index is 976. The standard InChI is InChI=1S/C19H17N3O3/c1-13-9-14-5-2-3-6-16(14)22(13)19(24)11-21-12-20-15(10-18(21)23)17-7-4-8-25-17/h2-8,10,12-13H,9,11H2,1H3. The fourth-order valence-electron chi connectivity index (χ4n) is 3.27. The predicted octanol–water partition coefficient (Wildman–Crippen LogP) is 2.48. The number of para-hydroxylation sites is 1. The summed E-state index contributed by atoms with van der Waals surface area (Å²) in [6.45, 7) is 1.97. The van der Waals surface area contributed by atoms with Gasteiger partial charge in [0.15, 0.2) is 5.76 Å². The zero-order valence-corrected chi connectivity index (χ0v) is 13.8. The smallest absolute Gasteiger partial charge is 0.254 e. The molecule has 0 spiro atoms. The molecule has 1 aliphatic heterocycles. The number of aromatic nitrogens is 2. The van der Waals surface area contributed by atoms with E-state index in [1.807, 2.05) is 31.2 Å². The average molecular weight is 335 g/mol. The Kier molecular flexibility index (Phi) is 3.72. The maximum atomic E-state index is 12.8. The fraction of sp³-hybridized carbons (Fsp3) is 0.211. The summed E-state index contributed by atoms with van der Waals surface area (Å²) in [6.07, 6.45) is 3.75. The van der Waals surface area contributed by atoms with Crippen LogP contribution in [0.4, 0.5) is 5.69 Å². The molecule has 6 nitrogen and oxygen atoms in total. The lowest BCUT2D eigenvalue weighted by Gasteiger charge is -2.23. The molecule has 2 aromatic heterocycles. The Morgan fingerprint density at radius 1 is 1.28 bits per heavy atom. The van der Waals surface area contributed by atoms with Gasteiger partial charge in [0.05, 0.1) is 12.6 Å². The Hall–Kier alpha value is -3.15. The Balaban J connectivity index is 1.58. The normalized spacial score (nSPS) is 16.0. The number of carbonyl (C=O) groups excluding carboxylic acids is 1. The summed E-state index contributed by atoms with van der Waals surface area (Å²) in [4.78, 5) is 31.1. The lowest BCUT2D eigenvalue weighted by Crippen LogP contribution is -2.39. The van der Waals surface area contributed by atoms with Crippen molar-refractivity contribution < 1.29 is 9.21 Å². The molecule has 6 heteroatoms. The second kappa shape index (κ2) is 6.05. The molecule has 1 aliphatic rings. The van der Waals surface area contributed by atoms with Crippen molar-refractivity contribution in [1.29, 1.82) is 0 Å². The quantitative estimate of drug-likeness (QED) is 0.737. The van der Waals surface area contributed by atoms with Gasteiger partial charge in [-0.3, -0.25) is 14.2 Å². The van der Waals surface area contributed by atoms with Crippen molar-refractivity contribution in [2.75, 3.05) is 4.90 Å². The van der Waals surface area contributed by atoms with Crippen molar-refractivity contribution in [3.63, 3.8) is 0 Å². The van der Waals surface area contributed by atoms with Gasteiger partial charge < -0.3 is 9.32 Å². The number of rotatable bonds is 3. The van der Waals surface area contributed by atoms with E-state index in [-0.39, 0.29) is 24.1 Å². The van der Waals surface area contributed by atoms with Gasteiger partial charge in [0.2, 0.25) is 5.91 Å². The van der Waals surface area contributed by atoms with E-state index in [1.165, 1.54) is 23.2 Å². The zero-order chi connectivity index (χ0) is 17.4. The van der Waals surface area contributed by atoms with Gasteiger partial charge in [0.25, 0.3) is 5.56 Å². The molecule has 1 aromatic carbocycles. The van der Waals surface area contributed by atoms with E-state index >= 15 is 0 Å². The van der Waals surface area contributed by atoms with Gasteiger partial charge in [0.1, 0.15) is 12.2 Å². The third-order valence-electron chi connectivity index (χ3n) is 4.43. The number of furan rings is 1. The highest BCUT2D eigenvalue weighted by Gasteiger charge is 2.30. The highest BCUT2D eigenvalue weighted by Crippen LogP contribution is 2.31. The summed E-state index contributed by atoms with van der Waals surface area (Å²) >= 11 is 0. The van der Waals surface area contributed by atoms with Crippen LogP contribution >= 0.6 is 0 Å². The van der Waals surface area contributed by atoms with Gasteiger partial charge in [0, 0.05) is 17.8 Å². The molecule has 3 heterocycles. The van der Waals surface area contributed by atoms with Crippen molar-refractivity contribution in [3.8, 4) is 11.5 Å². The minimum Gasteiger partial charge on any atom is -0.463 e. The van der Waals surface area contributed by atoms with E-state index in [9.17, 15) is 9.59 Å². The minimum atomic E-state index is -0.283. The number of hydrogen-bond acceptors (Lipinski definition) is 4. The maximum Gasteiger partial charge on any atom is 0.254 e. The molecule has 0 bridgehead atoms. The second-order valence-electron chi connectivity index (χ2n) is 6.16. The SMILES string of the molecule is CC1Cc2ccccc2N1C(=O)Cn1cnc(-c2ccco2)cc1=O. The molecule has 3 aromatic rings. The van der Waals surface area contributed by atoms with Crippen LogP contribution in [-0.4, -0.2) is 21.5 Å². The topological polar surface area (TPSA) is 68.3 Å². The van der Waals surface area contributed by atoms with E-state index in [0.717, 1.165) is 17.7 Å². The van der Waals surface area contributed by atoms with Crippen molar-refractivity contribution >= 4 is 11.6 Å². The summed E-state index contributed by atoms with van der Waals surface area (Å²) in [5.41, 5.74) is 2.25. The van der Waals surface area contributed by atoms with Crippen LogP contribution in [0.5, 0.6) is 0 Å². The summed E-state index contributed by atoms with van der Waals surface area (Å²) < 4.78 is 6.57. The molecule has 1 unspecified atom stereocenters. The number of benzene rings is 1. The van der Waals surface area contributed by atoms with Crippen LogP contribution in [-0.2, 0) is 17.8 Å². The summed E-state index contributed by atoms with van der Waals surface area (Å²) in [6, 6.07) is 12.8. The van der Waals surface area contributed by atoms with Crippen LogP contribution in [0.15, 0.2) is 64.3 Å². The molecular formula is C19H17N3O3. The first-order valence-corrected chi connectivity index (χ1v) is 8.14. The fourth-order valence-corrected chi connectivity index (χ4v) is 3.27. The molecule has 126 valence electrons. The Morgan fingerprint density at radius 2 is 2.12 bits per heavy atom. The lowest BCUT2D eigenvalue weighted by molar-refractivity contribution is -0.119. The number of nitrogens with zero attached hydrogens (tertiary/aromatic N) is 3. The summed E-state index contributed by atoms with van der Waals surface area (Å²) in [7, 11) is 0. The van der Waals surface area contributed by atoms with E-state index in [4.69, 9.17) is 4.42 Å². The van der Waals surface area contributed by atoms with Crippen LogP contribution < -0.4 is 10.5 Å². The second-order valence-corrected chi connectivity index (χ2v) is 6.16. The van der Waals surface area contributed by atoms with Crippen molar-refractivity contribution in [2.45, 2.75) is 25.9 Å². The predicted molar refractivity (Wildman–Crippen MR) is 93.3 cm³/mol. The number of anilines is 1. The molecule has 0 N–H and O–H groups in total. The molecule has 0 aliphatic carbocycles. The molecule has 0 saturated heterocycles. The summed E-state index contributed by atoms with van der Waals surface area (Å²) in [5.74, 6) is 0.407. The van der Waals surface area contributed by atoms with Crippen LogP contribution in [0, 0.1) is 0 Å². The van der Waals surface area contributed by atoms with E-state index in [2.05, 4.69) is 4.98 Å². The number of fused-ring (bicyclic) bond motifs is 1. The van der Waals surface area contributed by atoms with E-state index in [1.54, 1.807) is 17.0 Å². The molecule has 1 amide bonds. The molecule has 0 fully saturated rings. The zero-order valence-electron chi connectivity index (χ0n) is 13.8. The highest BCUT2D eigenvalue weighted by molar-refractivity contribution is 5.96. The van der Waals surface area contributed by atoms with Crippen LogP contribution in [0.25, 0.3) is 11.5 Å². The number of hydrogen-bond donors (Lipinski definition) is 0. The van der Waals surface area contributed by atoms with Crippen molar-refractivity contribution in [3.05, 3.63) is 71.0 Å². The molecule has 0 saturated carbocycles. The molecular weight excluding hydrogens is 318 g/mol. The van der Waals surface area contributed by atoms with Gasteiger partial charge >= 0.3 is 0 Å². The third-order valence-corrected chi connectivity index (χ3v) is 4.43. The lowest BCUT2D eigenvalue weighted by atomic mass is 10.1. The Morgan fingerprint density at radius 3 is 2.88 bits per heavy atom. The first kappa shape index (κ1) is 15.4. The minimum absolute atomic E-state index is 0.0387. The first-order valence-electron chi connectivity index (χ1n) is 8.14. The van der Waals surface area contributed by atoms with Gasteiger partial charge in [-0.1, -0.05) is 18.2 Å². The van der Waals surface area contributed by atoms with E-state index < -0.39 is 0 Å². The molecule has 25 heavy (non-hydrogen) atoms. The van der Waals surface area contributed by atoms with E-state index in [0.29, 0.717) is 11.5 Å². The maximum absolute atomic E-state index is 12.8. The largest absolute Gasteiger partial charge is 0.463 e. The van der Waals surface area contributed by atoms with Gasteiger partial charge in [-0.15, -0.1) is 0 Å². The highest BCUT2D eigenvalue weighted by atomic mass is 16.3. The molecule has 1 atom stereocenters.